The normalized spacial score (nSPS) is 14.7. The summed E-state index contributed by atoms with van der Waals surface area (Å²) in [7, 11) is 0. The summed E-state index contributed by atoms with van der Waals surface area (Å²) in [6, 6.07) is 1.24. The van der Waals surface area contributed by atoms with E-state index in [2.05, 4.69) is 5.32 Å². The van der Waals surface area contributed by atoms with Crippen LogP contribution in [-0.4, -0.2) is 22.9 Å². The van der Waals surface area contributed by atoms with Crippen molar-refractivity contribution < 1.29 is 23.9 Å². The SMILES string of the molecule is O=C1NC(=O)c2c1c1cc(C(=O)O)c2o1. The molecule has 2 amide bonds. The molecule has 0 spiro atoms. The van der Waals surface area contributed by atoms with Crippen LogP contribution in [0.5, 0.6) is 0 Å². The lowest BCUT2D eigenvalue weighted by Crippen LogP contribution is -2.20. The quantitative estimate of drug-likeness (QED) is 0.659. The molecule has 0 radical (unpaired) electrons. The topological polar surface area (TPSA) is 96.6 Å². The number of imide groups is 1. The molecule has 1 aliphatic rings. The van der Waals surface area contributed by atoms with Gasteiger partial charge in [0.1, 0.15) is 11.1 Å². The first-order valence-electron chi connectivity index (χ1n) is 4.07. The summed E-state index contributed by atoms with van der Waals surface area (Å²) in [6.45, 7) is 0. The Kier molecular flexibility index (Phi) is 1.15. The van der Waals surface area contributed by atoms with E-state index in [1.54, 1.807) is 0 Å². The molecule has 0 saturated carbocycles. The van der Waals surface area contributed by atoms with Crippen molar-refractivity contribution in [2.45, 2.75) is 0 Å². The highest BCUT2D eigenvalue weighted by Crippen LogP contribution is 2.35. The van der Waals surface area contributed by atoms with Gasteiger partial charge in [0.2, 0.25) is 0 Å². The van der Waals surface area contributed by atoms with Gasteiger partial charge < -0.3 is 9.52 Å². The molecule has 1 aliphatic heterocycles. The molecule has 6 nitrogen and oxygen atoms in total. The fourth-order valence-electron chi connectivity index (χ4n) is 1.77. The number of carbonyl (C=O) groups excluding carboxylic acids is 2. The maximum atomic E-state index is 11.3. The van der Waals surface area contributed by atoms with Crippen molar-refractivity contribution in [3.8, 4) is 0 Å². The number of rotatable bonds is 1. The maximum Gasteiger partial charge on any atom is 0.339 e. The van der Waals surface area contributed by atoms with Gasteiger partial charge in [-0.05, 0) is 6.07 Å². The number of benzene rings is 1. The number of carboxylic acids is 1. The summed E-state index contributed by atoms with van der Waals surface area (Å²) in [6.07, 6.45) is 0. The van der Waals surface area contributed by atoms with Crippen LogP contribution in [0.1, 0.15) is 31.1 Å². The lowest BCUT2D eigenvalue weighted by molar-refractivity contribution is 0.0698. The van der Waals surface area contributed by atoms with Crippen LogP contribution in [0.25, 0.3) is 11.2 Å². The highest BCUT2D eigenvalue weighted by molar-refractivity contribution is 6.29. The van der Waals surface area contributed by atoms with Crippen molar-refractivity contribution in [2.75, 3.05) is 0 Å². The van der Waals surface area contributed by atoms with Gasteiger partial charge in [-0.1, -0.05) is 0 Å². The minimum absolute atomic E-state index is 0.0316. The first-order chi connectivity index (χ1) is 7.09. The van der Waals surface area contributed by atoms with Crippen LogP contribution in [0, 0.1) is 0 Å². The Morgan fingerprint density at radius 1 is 1.27 bits per heavy atom. The molecule has 2 N–H and O–H groups in total. The molecule has 6 heteroatoms. The fraction of sp³-hybridized carbons (Fsp3) is 0. The zero-order valence-electron chi connectivity index (χ0n) is 7.16. The number of fused-ring (bicyclic) bond motifs is 5. The number of nitrogens with one attached hydrogen (secondary N) is 1. The lowest BCUT2D eigenvalue weighted by atomic mass is 10.1. The Labute approximate surface area is 81.8 Å². The van der Waals surface area contributed by atoms with Crippen molar-refractivity contribution in [1.82, 2.24) is 5.32 Å². The summed E-state index contributed by atoms with van der Waals surface area (Å²) < 4.78 is 5.06. The number of carbonyl (C=O) groups is 3. The summed E-state index contributed by atoms with van der Waals surface area (Å²) in [5.74, 6) is -2.33. The van der Waals surface area contributed by atoms with Gasteiger partial charge >= 0.3 is 5.97 Å². The number of hydrogen-bond acceptors (Lipinski definition) is 4. The second kappa shape index (κ2) is 2.17. The molecule has 2 aromatic rings. The molecule has 0 aliphatic carbocycles. The van der Waals surface area contributed by atoms with Crippen LogP contribution in [0.15, 0.2) is 10.5 Å². The molecule has 3 rings (SSSR count). The Morgan fingerprint density at radius 2 is 1.93 bits per heavy atom. The van der Waals surface area contributed by atoms with Gasteiger partial charge in [-0.25, -0.2) is 4.79 Å². The molecule has 0 saturated heterocycles. The number of furan rings is 2. The van der Waals surface area contributed by atoms with Gasteiger partial charge in [0.15, 0.2) is 5.58 Å². The first kappa shape index (κ1) is 7.98. The first-order valence-corrected chi connectivity index (χ1v) is 4.07. The van der Waals surface area contributed by atoms with Gasteiger partial charge in [0.05, 0.1) is 11.1 Å². The Hall–Kier alpha value is -2.37. The third-order valence-electron chi connectivity index (χ3n) is 2.37. The maximum absolute atomic E-state index is 11.3. The van der Waals surface area contributed by atoms with Gasteiger partial charge in [-0.3, -0.25) is 14.9 Å². The highest BCUT2D eigenvalue weighted by atomic mass is 16.4. The fourth-order valence-corrected chi connectivity index (χ4v) is 1.77. The van der Waals surface area contributed by atoms with Crippen LogP contribution in [0.4, 0.5) is 0 Å². The Balaban J connectivity index is 2.42. The largest absolute Gasteiger partial charge is 0.478 e. The second-order valence-electron chi connectivity index (χ2n) is 3.19. The number of aromatic carboxylic acids is 1. The second-order valence-corrected chi connectivity index (χ2v) is 3.19. The lowest BCUT2D eigenvalue weighted by Gasteiger charge is -1.90. The van der Waals surface area contributed by atoms with Crippen LogP contribution in [0.2, 0.25) is 0 Å². The van der Waals surface area contributed by atoms with Gasteiger partial charge in [-0.2, -0.15) is 0 Å². The minimum Gasteiger partial charge on any atom is -0.478 e. The van der Waals surface area contributed by atoms with E-state index in [9.17, 15) is 14.4 Å². The van der Waals surface area contributed by atoms with Gasteiger partial charge in [0.25, 0.3) is 11.8 Å². The zero-order valence-corrected chi connectivity index (χ0v) is 7.16. The average molecular weight is 205 g/mol. The van der Waals surface area contributed by atoms with Crippen molar-refractivity contribution >= 4 is 28.9 Å². The molecule has 2 bridgehead atoms. The van der Waals surface area contributed by atoms with Crippen molar-refractivity contribution in [3.63, 3.8) is 0 Å². The predicted molar refractivity (Wildman–Crippen MR) is 46.2 cm³/mol. The Morgan fingerprint density at radius 3 is 2.60 bits per heavy atom. The van der Waals surface area contributed by atoms with E-state index < -0.39 is 17.8 Å². The third kappa shape index (κ3) is 0.762. The van der Waals surface area contributed by atoms with Crippen LogP contribution in [-0.2, 0) is 0 Å². The minimum atomic E-state index is -1.18. The van der Waals surface area contributed by atoms with Crippen LogP contribution in [0.3, 0.4) is 0 Å². The van der Waals surface area contributed by atoms with Gasteiger partial charge in [0, 0.05) is 0 Å². The van der Waals surface area contributed by atoms with Crippen LogP contribution >= 0.6 is 0 Å². The molecule has 2 aromatic heterocycles. The van der Waals surface area contributed by atoms with Gasteiger partial charge in [-0.15, -0.1) is 0 Å². The summed E-state index contributed by atoms with van der Waals surface area (Å²) >= 11 is 0. The summed E-state index contributed by atoms with van der Waals surface area (Å²) in [5, 5.41) is 10.9. The zero-order chi connectivity index (χ0) is 10.7. The highest BCUT2D eigenvalue weighted by Gasteiger charge is 2.37. The van der Waals surface area contributed by atoms with Crippen molar-refractivity contribution in [3.05, 3.63) is 22.8 Å². The standard InChI is InChI=1S/C9H3NO5/c11-7-4-3-1-2(9(13)14)6(15-3)5(4)8(12)10-7/h1H,(H,13,14)(H,10,11,12). The molecule has 15 heavy (non-hydrogen) atoms. The monoisotopic (exact) mass is 205 g/mol. The summed E-state index contributed by atoms with van der Waals surface area (Å²) in [5.41, 5.74) is 0.195. The van der Waals surface area contributed by atoms with E-state index in [4.69, 9.17) is 9.52 Å². The number of amides is 2. The number of hydrogen-bond donors (Lipinski definition) is 2. The molecule has 0 unspecified atom stereocenters. The average Bonchev–Trinajstić information content (AvgIpc) is 2.77. The molecule has 0 fully saturated rings. The van der Waals surface area contributed by atoms with E-state index in [1.165, 1.54) is 6.07 Å². The van der Waals surface area contributed by atoms with E-state index in [1.807, 2.05) is 0 Å². The van der Waals surface area contributed by atoms with E-state index in [-0.39, 0.29) is 27.9 Å². The smallest absolute Gasteiger partial charge is 0.339 e. The Bertz CT molecular complexity index is 623. The van der Waals surface area contributed by atoms with Crippen molar-refractivity contribution in [2.24, 2.45) is 0 Å². The van der Waals surface area contributed by atoms with E-state index in [0.717, 1.165) is 0 Å². The van der Waals surface area contributed by atoms with E-state index in [0.29, 0.717) is 0 Å². The molecule has 74 valence electrons. The predicted octanol–water partition coefficient (Wildman–Crippen LogP) is 0.452. The molecule has 3 heterocycles. The third-order valence-corrected chi connectivity index (χ3v) is 2.37. The van der Waals surface area contributed by atoms with Crippen LogP contribution < -0.4 is 5.32 Å². The molecular weight excluding hydrogens is 202 g/mol. The summed E-state index contributed by atoms with van der Waals surface area (Å²) in [4.78, 5) is 33.3. The molecule has 0 atom stereocenters. The molecule has 0 aromatic carbocycles. The van der Waals surface area contributed by atoms with E-state index >= 15 is 0 Å². The van der Waals surface area contributed by atoms with Crippen molar-refractivity contribution in [1.29, 1.82) is 0 Å². The number of carboxylic acid groups (broad SMARTS) is 1. The molecular formula is C9H3NO5.